The van der Waals surface area contributed by atoms with Gasteiger partial charge in [-0.25, -0.2) is 13.3 Å². The van der Waals surface area contributed by atoms with Crippen molar-refractivity contribution in [3.63, 3.8) is 0 Å². The van der Waals surface area contributed by atoms with Gasteiger partial charge in [-0.05, 0) is 0 Å². The molecule has 1 N–H and O–H groups in total. The number of rotatable bonds is 3. The quantitative estimate of drug-likeness (QED) is 0.707. The van der Waals surface area contributed by atoms with E-state index in [1.165, 1.54) is 13.4 Å². The minimum atomic E-state index is -2.62. The van der Waals surface area contributed by atoms with E-state index in [0.717, 1.165) is 0 Å². The highest BCUT2D eigenvalue weighted by Gasteiger charge is 2.23. The molecule has 0 spiro atoms. The molecule has 0 saturated carbocycles. The molecule has 0 aliphatic carbocycles. The Morgan fingerprint density at radius 3 is 2.33 bits per heavy atom. The zero-order valence-corrected chi connectivity index (χ0v) is 9.88. The standard InChI is InChI=1S/C8H17N3O3S/c1-14-7-8(12)10-3-5-11(6-4-10)15(2,9)13/h9H,3-7H2,1-2H3. The number of ether oxygens (including phenoxy) is 1. The van der Waals surface area contributed by atoms with Gasteiger partial charge in [-0.3, -0.25) is 4.79 Å². The fourth-order valence-electron chi connectivity index (χ4n) is 1.50. The number of carbonyl (C=O) groups is 1. The van der Waals surface area contributed by atoms with E-state index in [2.05, 4.69) is 0 Å². The summed E-state index contributed by atoms with van der Waals surface area (Å²) >= 11 is 0. The summed E-state index contributed by atoms with van der Waals surface area (Å²) in [4.78, 5) is 13.1. The highest BCUT2D eigenvalue weighted by atomic mass is 32.2. The fraction of sp³-hybridized carbons (Fsp3) is 0.875. The van der Waals surface area contributed by atoms with Gasteiger partial charge in [0, 0.05) is 39.5 Å². The van der Waals surface area contributed by atoms with Crippen LogP contribution in [0.3, 0.4) is 0 Å². The first-order valence-corrected chi connectivity index (χ1v) is 6.63. The molecule has 1 atom stereocenters. The lowest BCUT2D eigenvalue weighted by atomic mass is 10.3. The number of piperazine rings is 1. The minimum absolute atomic E-state index is 0.0512. The predicted octanol–water partition coefficient (Wildman–Crippen LogP) is -0.631. The van der Waals surface area contributed by atoms with Crippen LogP contribution in [0.2, 0.25) is 0 Å². The largest absolute Gasteiger partial charge is 0.375 e. The summed E-state index contributed by atoms with van der Waals surface area (Å²) in [6.07, 6.45) is 1.40. The third-order valence-electron chi connectivity index (χ3n) is 2.35. The van der Waals surface area contributed by atoms with Crippen molar-refractivity contribution in [3.05, 3.63) is 0 Å². The van der Waals surface area contributed by atoms with Crippen LogP contribution in [0, 0.1) is 4.78 Å². The van der Waals surface area contributed by atoms with Crippen molar-refractivity contribution in [2.24, 2.45) is 0 Å². The monoisotopic (exact) mass is 235 g/mol. The van der Waals surface area contributed by atoms with Crippen LogP contribution in [0.25, 0.3) is 0 Å². The third kappa shape index (κ3) is 3.44. The van der Waals surface area contributed by atoms with E-state index in [0.29, 0.717) is 26.2 Å². The molecule has 1 aliphatic heterocycles. The van der Waals surface area contributed by atoms with E-state index in [1.807, 2.05) is 0 Å². The number of hydrogen-bond acceptors (Lipinski definition) is 4. The Bertz CT molecular complexity index is 320. The Hall–Kier alpha value is -0.660. The van der Waals surface area contributed by atoms with Crippen LogP contribution in [0.4, 0.5) is 0 Å². The number of nitrogens with one attached hydrogen (secondary N) is 1. The molecule has 0 aromatic rings. The average Bonchev–Trinajstić information content (AvgIpc) is 2.17. The van der Waals surface area contributed by atoms with Crippen LogP contribution in [0.1, 0.15) is 0 Å². The van der Waals surface area contributed by atoms with E-state index >= 15 is 0 Å². The van der Waals surface area contributed by atoms with Gasteiger partial charge < -0.3 is 9.64 Å². The van der Waals surface area contributed by atoms with Gasteiger partial charge in [0.1, 0.15) is 16.5 Å². The molecular formula is C8H17N3O3S. The molecule has 0 aromatic heterocycles. The van der Waals surface area contributed by atoms with Crippen molar-refractivity contribution < 1.29 is 13.7 Å². The summed E-state index contributed by atoms with van der Waals surface area (Å²) in [6, 6.07) is 0. The lowest BCUT2D eigenvalue weighted by Gasteiger charge is -2.34. The van der Waals surface area contributed by atoms with Crippen molar-refractivity contribution in [3.8, 4) is 0 Å². The molecule has 7 heteroatoms. The van der Waals surface area contributed by atoms with Crippen LogP contribution in [0.15, 0.2) is 0 Å². The van der Waals surface area contributed by atoms with Crippen molar-refractivity contribution >= 4 is 15.8 Å². The number of amides is 1. The van der Waals surface area contributed by atoms with Crippen LogP contribution < -0.4 is 0 Å². The first-order chi connectivity index (χ1) is 6.95. The van der Waals surface area contributed by atoms with E-state index in [4.69, 9.17) is 9.52 Å². The lowest BCUT2D eigenvalue weighted by Crippen LogP contribution is -2.50. The van der Waals surface area contributed by atoms with E-state index in [1.54, 1.807) is 9.21 Å². The number of carbonyl (C=O) groups excluding carboxylic acids is 1. The van der Waals surface area contributed by atoms with Crippen molar-refractivity contribution in [1.82, 2.24) is 9.21 Å². The van der Waals surface area contributed by atoms with E-state index in [9.17, 15) is 9.00 Å². The summed E-state index contributed by atoms with van der Waals surface area (Å²) in [5.74, 6) is -0.0512. The summed E-state index contributed by atoms with van der Waals surface area (Å²) in [5, 5.41) is 0. The van der Waals surface area contributed by atoms with Crippen molar-refractivity contribution in [1.29, 1.82) is 4.78 Å². The third-order valence-corrected chi connectivity index (χ3v) is 3.70. The summed E-state index contributed by atoms with van der Waals surface area (Å²) in [5.41, 5.74) is 0. The Morgan fingerprint density at radius 1 is 1.40 bits per heavy atom. The zero-order valence-electron chi connectivity index (χ0n) is 9.06. The average molecular weight is 235 g/mol. The highest BCUT2D eigenvalue weighted by Crippen LogP contribution is 2.06. The molecule has 0 bridgehead atoms. The molecule has 1 rings (SSSR count). The molecule has 0 aromatic carbocycles. The second-order valence-corrected chi connectivity index (χ2v) is 5.67. The van der Waals surface area contributed by atoms with E-state index < -0.39 is 9.92 Å². The highest BCUT2D eigenvalue weighted by molar-refractivity contribution is 7.89. The number of hydrogen-bond donors (Lipinski definition) is 1. The van der Waals surface area contributed by atoms with Crippen molar-refractivity contribution in [2.75, 3.05) is 46.2 Å². The Morgan fingerprint density at radius 2 is 1.93 bits per heavy atom. The fourth-order valence-corrected chi connectivity index (χ4v) is 2.36. The molecule has 1 fully saturated rings. The zero-order chi connectivity index (χ0) is 11.5. The summed E-state index contributed by atoms with van der Waals surface area (Å²) < 4.78 is 25.2. The maximum atomic E-state index is 11.4. The van der Waals surface area contributed by atoms with Gasteiger partial charge in [0.25, 0.3) is 0 Å². The van der Waals surface area contributed by atoms with E-state index in [-0.39, 0.29) is 12.5 Å². The molecule has 0 radical (unpaired) electrons. The summed E-state index contributed by atoms with van der Waals surface area (Å²) in [6.45, 7) is 2.11. The van der Waals surface area contributed by atoms with Gasteiger partial charge in [0.2, 0.25) is 5.91 Å². The van der Waals surface area contributed by atoms with Crippen LogP contribution in [-0.4, -0.2) is 65.5 Å². The molecule has 6 nitrogen and oxygen atoms in total. The van der Waals surface area contributed by atoms with Gasteiger partial charge in [-0.2, -0.15) is 0 Å². The Kier molecular flexibility index (Phi) is 4.06. The van der Waals surface area contributed by atoms with Crippen molar-refractivity contribution in [2.45, 2.75) is 0 Å². The normalized spacial score (nSPS) is 22.4. The molecule has 1 unspecified atom stereocenters. The van der Waals surface area contributed by atoms with Gasteiger partial charge in [0.15, 0.2) is 0 Å². The van der Waals surface area contributed by atoms with Crippen LogP contribution >= 0.6 is 0 Å². The number of nitrogens with zero attached hydrogens (tertiary/aromatic N) is 2. The smallest absolute Gasteiger partial charge is 0.248 e. The maximum Gasteiger partial charge on any atom is 0.248 e. The molecule has 1 heterocycles. The maximum absolute atomic E-state index is 11.4. The molecule has 15 heavy (non-hydrogen) atoms. The second-order valence-electron chi connectivity index (χ2n) is 3.55. The Labute approximate surface area is 90.3 Å². The van der Waals surface area contributed by atoms with Gasteiger partial charge in [-0.15, -0.1) is 0 Å². The predicted molar refractivity (Wildman–Crippen MR) is 56.8 cm³/mol. The second kappa shape index (κ2) is 4.91. The molecular weight excluding hydrogens is 218 g/mol. The first kappa shape index (κ1) is 12.4. The summed E-state index contributed by atoms with van der Waals surface area (Å²) in [7, 11) is -1.14. The lowest BCUT2D eigenvalue weighted by molar-refractivity contribution is -0.136. The van der Waals surface area contributed by atoms with Gasteiger partial charge in [0.05, 0.1) is 0 Å². The van der Waals surface area contributed by atoms with Gasteiger partial charge >= 0.3 is 0 Å². The minimum Gasteiger partial charge on any atom is -0.375 e. The molecule has 1 saturated heterocycles. The Balaban J connectivity index is 2.46. The molecule has 88 valence electrons. The van der Waals surface area contributed by atoms with Gasteiger partial charge in [-0.1, -0.05) is 0 Å². The van der Waals surface area contributed by atoms with Crippen LogP contribution in [-0.2, 0) is 19.4 Å². The molecule has 1 aliphatic rings. The molecule has 1 amide bonds. The first-order valence-electron chi connectivity index (χ1n) is 4.70. The van der Waals surface area contributed by atoms with Crippen LogP contribution in [0.5, 0.6) is 0 Å². The topological polar surface area (TPSA) is 73.7 Å². The number of methoxy groups -OCH3 is 1. The SMILES string of the molecule is COCC(=O)N1CCN(S(C)(=N)=O)CC1.